The summed E-state index contributed by atoms with van der Waals surface area (Å²) in [6, 6.07) is 7.32. The fraction of sp³-hybridized carbons (Fsp3) is 0.529. The van der Waals surface area contributed by atoms with Crippen LogP contribution in [0.25, 0.3) is 11.4 Å². The highest BCUT2D eigenvalue weighted by Crippen LogP contribution is 2.33. The van der Waals surface area contributed by atoms with Gasteiger partial charge in [0.2, 0.25) is 11.7 Å². The predicted octanol–water partition coefficient (Wildman–Crippen LogP) is 2.66. The van der Waals surface area contributed by atoms with E-state index in [1.165, 1.54) is 0 Å². The first kappa shape index (κ1) is 19.2. The molecule has 0 saturated carbocycles. The number of alkyl halides is 2. The fourth-order valence-corrected chi connectivity index (χ4v) is 3.21. The summed E-state index contributed by atoms with van der Waals surface area (Å²) in [6.45, 7) is 3.82. The molecule has 2 saturated heterocycles. The molecule has 1 atom stereocenters. The summed E-state index contributed by atoms with van der Waals surface area (Å²) in [4.78, 5) is 6.64. The summed E-state index contributed by atoms with van der Waals surface area (Å²) >= 11 is 0. The number of hydrogen-bond donors (Lipinski definition) is 1. The second-order valence-corrected chi connectivity index (χ2v) is 6.54. The highest BCUT2D eigenvalue weighted by Gasteiger charge is 2.42. The molecule has 26 heavy (non-hydrogen) atoms. The SMILES string of the molecule is Cl.FC1(F)CNC(c2nc(-c3cccc(CN4CCOCC4)c3)no2)C1. The normalized spacial score (nSPS) is 22.9. The molecule has 0 amide bonds. The standard InChI is InChI=1S/C17H20F2N4O2.ClH/c18-17(19)9-14(20-11-17)16-21-15(22-25-16)13-3-1-2-12(8-13)10-23-4-6-24-7-5-23;/h1-3,8,14,20H,4-7,9-11H2;1H. The molecule has 142 valence electrons. The molecule has 4 rings (SSSR count). The van der Waals surface area contributed by atoms with Crippen LogP contribution in [0, 0.1) is 0 Å². The van der Waals surface area contributed by atoms with Gasteiger partial charge in [-0.05, 0) is 11.6 Å². The third-order valence-corrected chi connectivity index (χ3v) is 4.54. The van der Waals surface area contributed by atoms with Crippen LogP contribution in [0.2, 0.25) is 0 Å². The van der Waals surface area contributed by atoms with Gasteiger partial charge in [-0.2, -0.15) is 4.98 Å². The molecule has 1 unspecified atom stereocenters. The van der Waals surface area contributed by atoms with Gasteiger partial charge in [0.25, 0.3) is 5.92 Å². The van der Waals surface area contributed by atoms with Gasteiger partial charge in [-0.15, -0.1) is 12.4 Å². The van der Waals surface area contributed by atoms with Gasteiger partial charge in [0.15, 0.2) is 0 Å². The van der Waals surface area contributed by atoms with Gasteiger partial charge in [0, 0.05) is 31.6 Å². The average molecular weight is 387 g/mol. The van der Waals surface area contributed by atoms with Crippen LogP contribution in [0.15, 0.2) is 28.8 Å². The quantitative estimate of drug-likeness (QED) is 0.871. The molecule has 0 aliphatic carbocycles. The second kappa shape index (κ2) is 7.96. The molecule has 3 heterocycles. The highest BCUT2D eigenvalue weighted by molar-refractivity contribution is 5.85. The van der Waals surface area contributed by atoms with E-state index in [-0.39, 0.29) is 31.3 Å². The van der Waals surface area contributed by atoms with E-state index in [1.807, 2.05) is 18.2 Å². The zero-order valence-electron chi connectivity index (χ0n) is 14.2. The minimum Gasteiger partial charge on any atom is -0.379 e. The summed E-state index contributed by atoms with van der Waals surface area (Å²) in [5.41, 5.74) is 1.97. The Morgan fingerprint density at radius 2 is 2.08 bits per heavy atom. The summed E-state index contributed by atoms with van der Waals surface area (Å²) in [5.74, 6) is -2.08. The zero-order valence-corrected chi connectivity index (χ0v) is 15.0. The summed E-state index contributed by atoms with van der Waals surface area (Å²) in [6.07, 6.45) is -0.314. The van der Waals surface area contributed by atoms with Gasteiger partial charge < -0.3 is 9.26 Å². The number of morpholine rings is 1. The predicted molar refractivity (Wildman–Crippen MR) is 93.4 cm³/mol. The topological polar surface area (TPSA) is 63.4 Å². The molecule has 0 spiro atoms. The maximum atomic E-state index is 13.3. The Balaban J connectivity index is 0.00000196. The minimum atomic E-state index is -2.72. The molecule has 2 aliphatic rings. The number of aromatic nitrogens is 2. The van der Waals surface area contributed by atoms with Crippen molar-refractivity contribution in [1.29, 1.82) is 0 Å². The van der Waals surface area contributed by atoms with Crippen molar-refractivity contribution in [2.75, 3.05) is 32.8 Å². The summed E-state index contributed by atoms with van der Waals surface area (Å²) in [7, 11) is 0. The first-order chi connectivity index (χ1) is 12.1. The third kappa shape index (κ3) is 4.37. The van der Waals surface area contributed by atoms with Gasteiger partial charge in [-0.1, -0.05) is 23.4 Å². The van der Waals surface area contributed by atoms with E-state index < -0.39 is 12.0 Å². The third-order valence-electron chi connectivity index (χ3n) is 4.54. The molecular formula is C17H21ClF2N4O2. The first-order valence-corrected chi connectivity index (χ1v) is 8.43. The van der Waals surface area contributed by atoms with Gasteiger partial charge in [0.1, 0.15) is 0 Å². The van der Waals surface area contributed by atoms with Crippen LogP contribution < -0.4 is 5.32 Å². The van der Waals surface area contributed by atoms with Crippen molar-refractivity contribution in [3.8, 4) is 11.4 Å². The highest BCUT2D eigenvalue weighted by atomic mass is 35.5. The van der Waals surface area contributed by atoms with Gasteiger partial charge in [-0.25, -0.2) is 8.78 Å². The van der Waals surface area contributed by atoms with Gasteiger partial charge in [-0.3, -0.25) is 10.2 Å². The lowest BCUT2D eigenvalue weighted by molar-refractivity contribution is 0.0200. The van der Waals surface area contributed by atoms with Gasteiger partial charge >= 0.3 is 0 Å². The Bertz CT molecular complexity index is 737. The van der Waals surface area contributed by atoms with E-state index >= 15 is 0 Å². The zero-order chi connectivity index (χ0) is 17.3. The lowest BCUT2D eigenvalue weighted by Gasteiger charge is -2.26. The van der Waals surface area contributed by atoms with Crippen molar-refractivity contribution < 1.29 is 18.0 Å². The largest absolute Gasteiger partial charge is 0.379 e. The number of hydrogen-bond acceptors (Lipinski definition) is 6. The lowest BCUT2D eigenvalue weighted by atomic mass is 10.1. The van der Waals surface area contributed by atoms with Crippen molar-refractivity contribution in [2.24, 2.45) is 0 Å². The number of rotatable bonds is 4. The fourth-order valence-electron chi connectivity index (χ4n) is 3.21. The number of nitrogens with zero attached hydrogens (tertiary/aromatic N) is 3. The number of halogens is 3. The molecule has 6 nitrogen and oxygen atoms in total. The van der Waals surface area contributed by atoms with E-state index in [2.05, 4.69) is 26.4 Å². The Kier molecular flexibility index (Phi) is 5.86. The van der Waals surface area contributed by atoms with Crippen LogP contribution >= 0.6 is 12.4 Å². The van der Waals surface area contributed by atoms with E-state index in [9.17, 15) is 8.78 Å². The first-order valence-electron chi connectivity index (χ1n) is 8.43. The molecule has 2 aromatic rings. The summed E-state index contributed by atoms with van der Waals surface area (Å²) in [5, 5.41) is 6.69. The molecule has 0 bridgehead atoms. The van der Waals surface area contributed by atoms with E-state index in [1.54, 1.807) is 0 Å². The monoisotopic (exact) mass is 386 g/mol. The average Bonchev–Trinajstić information content (AvgIpc) is 3.22. The van der Waals surface area contributed by atoms with Crippen LogP contribution in [0.4, 0.5) is 8.78 Å². The molecule has 2 fully saturated rings. The second-order valence-electron chi connectivity index (χ2n) is 6.54. The van der Waals surface area contributed by atoms with Crippen LogP contribution in [0.5, 0.6) is 0 Å². The molecule has 2 aliphatic heterocycles. The van der Waals surface area contributed by atoms with Crippen molar-refractivity contribution in [3.05, 3.63) is 35.7 Å². The van der Waals surface area contributed by atoms with Crippen molar-refractivity contribution >= 4 is 12.4 Å². The molecule has 1 aromatic heterocycles. The molecular weight excluding hydrogens is 366 g/mol. The molecule has 9 heteroatoms. The summed E-state index contributed by atoms with van der Waals surface area (Å²) < 4.78 is 37.2. The van der Waals surface area contributed by atoms with Crippen molar-refractivity contribution in [3.63, 3.8) is 0 Å². The van der Waals surface area contributed by atoms with E-state index in [4.69, 9.17) is 9.26 Å². The van der Waals surface area contributed by atoms with E-state index in [0.717, 1.165) is 44.0 Å². The maximum Gasteiger partial charge on any atom is 0.262 e. The Labute approximate surface area is 156 Å². The Morgan fingerprint density at radius 1 is 1.27 bits per heavy atom. The minimum absolute atomic E-state index is 0. The molecule has 1 aromatic carbocycles. The maximum absolute atomic E-state index is 13.3. The van der Waals surface area contributed by atoms with Crippen molar-refractivity contribution in [2.45, 2.75) is 24.9 Å². The Hall–Kier alpha value is -1.61. The molecule has 0 radical (unpaired) electrons. The molecule has 1 N–H and O–H groups in total. The number of benzene rings is 1. The van der Waals surface area contributed by atoms with E-state index in [0.29, 0.717) is 5.82 Å². The number of ether oxygens (including phenoxy) is 1. The van der Waals surface area contributed by atoms with Gasteiger partial charge in [0.05, 0.1) is 25.8 Å². The van der Waals surface area contributed by atoms with Crippen LogP contribution in [-0.4, -0.2) is 53.8 Å². The van der Waals surface area contributed by atoms with Crippen LogP contribution in [0.1, 0.15) is 23.9 Å². The smallest absolute Gasteiger partial charge is 0.262 e. The van der Waals surface area contributed by atoms with Crippen molar-refractivity contribution in [1.82, 2.24) is 20.4 Å². The van der Waals surface area contributed by atoms with Crippen LogP contribution in [0.3, 0.4) is 0 Å². The lowest BCUT2D eigenvalue weighted by Crippen LogP contribution is -2.35. The Morgan fingerprint density at radius 3 is 2.81 bits per heavy atom. The number of nitrogens with one attached hydrogen (secondary N) is 1. The van der Waals surface area contributed by atoms with Crippen LogP contribution in [-0.2, 0) is 11.3 Å².